The van der Waals surface area contributed by atoms with Crippen molar-refractivity contribution in [3.8, 4) is 11.4 Å². The minimum atomic E-state index is -0.123. The molecule has 0 fully saturated rings. The van der Waals surface area contributed by atoms with Crippen LogP contribution in [0.3, 0.4) is 0 Å². The van der Waals surface area contributed by atoms with Gasteiger partial charge < -0.3 is 9.84 Å². The molecule has 4 aromatic heterocycles. The summed E-state index contributed by atoms with van der Waals surface area (Å²) in [6, 6.07) is 5.59. The molecule has 4 aromatic rings. The third-order valence-corrected chi connectivity index (χ3v) is 4.31. The van der Waals surface area contributed by atoms with Gasteiger partial charge in [0.05, 0.1) is 5.39 Å². The topological polar surface area (TPSA) is 122 Å². The number of hydrogen-bond donors (Lipinski definition) is 2. The number of nitrogens with zero attached hydrogens (tertiary/aromatic N) is 5. The second kappa shape index (κ2) is 7.55. The number of pyridine rings is 2. The molecule has 1 amide bonds. The second-order valence-corrected chi connectivity index (χ2v) is 6.53. The Morgan fingerprint density at radius 1 is 1.21 bits per heavy atom. The Kier molecular flexibility index (Phi) is 4.79. The van der Waals surface area contributed by atoms with Gasteiger partial charge in [-0.3, -0.25) is 14.9 Å². The Hall–Kier alpha value is -3.62. The second-order valence-electron chi connectivity index (χ2n) is 6.53. The van der Waals surface area contributed by atoms with Crippen molar-refractivity contribution in [2.75, 3.05) is 5.32 Å². The van der Waals surface area contributed by atoms with E-state index in [-0.39, 0.29) is 5.91 Å². The maximum Gasteiger partial charge on any atom is 0.226 e. The third-order valence-electron chi connectivity index (χ3n) is 4.31. The van der Waals surface area contributed by atoms with Crippen LogP contribution in [0.4, 0.5) is 5.82 Å². The fraction of sp³-hybridized carbons (Fsp3) is 0.263. The van der Waals surface area contributed by atoms with Gasteiger partial charge in [0.15, 0.2) is 11.5 Å². The van der Waals surface area contributed by atoms with Crippen LogP contribution in [-0.2, 0) is 11.2 Å². The lowest BCUT2D eigenvalue weighted by atomic mass is 10.1. The standard InChI is InChI=1S/C19H19N7O2/c1-11-10-12(2)21-18-16(11)19(25-24-18)22-14(27)4-3-5-15-23-17(26-28-15)13-6-8-20-9-7-13/h6-10H,3-5H2,1-2H3,(H2,21,22,24,25,27). The zero-order valence-corrected chi connectivity index (χ0v) is 15.6. The molecule has 0 spiro atoms. The highest BCUT2D eigenvalue weighted by molar-refractivity contribution is 5.99. The lowest BCUT2D eigenvalue weighted by molar-refractivity contribution is -0.116. The summed E-state index contributed by atoms with van der Waals surface area (Å²) in [6.45, 7) is 3.89. The van der Waals surface area contributed by atoms with Gasteiger partial charge in [-0.05, 0) is 44.0 Å². The number of H-pyrrole nitrogens is 1. The minimum absolute atomic E-state index is 0.123. The molecule has 0 aromatic carbocycles. The number of hydrogen-bond acceptors (Lipinski definition) is 7. The van der Waals surface area contributed by atoms with Crippen molar-refractivity contribution in [3.63, 3.8) is 0 Å². The molecule has 0 saturated carbocycles. The summed E-state index contributed by atoms with van der Waals surface area (Å²) in [7, 11) is 0. The van der Waals surface area contributed by atoms with Crippen LogP contribution >= 0.6 is 0 Å². The Morgan fingerprint density at radius 3 is 2.86 bits per heavy atom. The number of fused-ring (bicyclic) bond motifs is 1. The van der Waals surface area contributed by atoms with Gasteiger partial charge >= 0.3 is 0 Å². The molecule has 0 aliphatic heterocycles. The maximum absolute atomic E-state index is 12.3. The normalized spacial score (nSPS) is 11.1. The molecule has 9 heteroatoms. The summed E-state index contributed by atoms with van der Waals surface area (Å²) < 4.78 is 5.25. The lowest BCUT2D eigenvalue weighted by Gasteiger charge is -2.03. The largest absolute Gasteiger partial charge is 0.339 e. The smallest absolute Gasteiger partial charge is 0.226 e. The molecule has 28 heavy (non-hydrogen) atoms. The number of aromatic amines is 1. The van der Waals surface area contributed by atoms with Gasteiger partial charge in [-0.25, -0.2) is 4.98 Å². The van der Waals surface area contributed by atoms with Crippen molar-refractivity contribution in [3.05, 3.63) is 47.7 Å². The molecule has 4 rings (SSSR count). The third kappa shape index (κ3) is 3.73. The molecule has 2 N–H and O–H groups in total. The molecule has 0 aliphatic rings. The van der Waals surface area contributed by atoms with Crippen LogP contribution in [0.5, 0.6) is 0 Å². The molecule has 0 saturated heterocycles. The van der Waals surface area contributed by atoms with Crippen molar-refractivity contribution < 1.29 is 9.32 Å². The van der Waals surface area contributed by atoms with Crippen LogP contribution in [0.1, 0.15) is 30.0 Å². The van der Waals surface area contributed by atoms with E-state index < -0.39 is 0 Å². The van der Waals surface area contributed by atoms with Crippen LogP contribution in [0.15, 0.2) is 35.1 Å². The fourth-order valence-corrected chi connectivity index (χ4v) is 3.04. The van der Waals surface area contributed by atoms with E-state index in [0.717, 1.165) is 22.2 Å². The Morgan fingerprint density at radius 2 is 2.04 bits per heavy atom. The van der Waals surface area contributed by atoms with Gasteiger partial charge in [0.1, 0.15) is 0 Å². The van der Waals surface area contributed by atoms with Crippen LogP contribution in [0, 0.1) is 13.8 Å². The lowest BCUT2D eigenvalue weighted by Crippen LogP contribution is -2.12. The van der Waals surface area contributed by atoms with Gasteiger partial charge in [0.2, 0.25) is 17.6 Å². The van der Waals surface area contributed by atoms with E-state index in [0.29, 0.717) is 42.4 Å². The van der Waals surface area contributed by atoms with E-state index in [4.69, 9.17) is 4.52 Å². The van der Waals surface area contributed by atoms with E-state index in [9.17, 15) is 4.79 Å². The van der Waals surface area contributed by atoms with Gasteiger partial charge in [0.25, 0.3) is 0 Å². The molecule has 0 radical (unpaired) electrons. The van der Waals surface area contributed by atoms with Crippen molar-refractivity contribution in [2.24, 2.45) is 0 Å². The van der Waals surface area contributed by atoms with E-state index in [1.165, 1.54) is 0 Å². The number of aryl methyl sites for hydroxylation is 3. The van der Waals surface area contributed by atoms with Crippen molar-refractivity contribution in [1.82, 2.24) is 30.3 Å². The van der Waals surface area contributed by atoms with Gasteiger partial charge in [-0.2, -0.15) is 10.1 Å². The summed E-state index contributed by atoms with van der Waals surface area (Å²) >= 11 is 0. The molecular formula is C19H19N7O2. The Bertz CT molecular complexity index is 1120. The van der Waals surface area contributed by atoms with Crippen LogP contribution in [0.2, 0.25) is 0 Å². The molecule has 9 nitrogen and oxygen atoms in total. The maximum atomic E-state index is 12.3. The first-order valence-electron chi connectivity index (χ1n) is 8.95. The summed E-state index contributed by atoms with van der Waals surface area (Å²) in [5.41, 5.74) is 3.42. The van der Waals surface area contributed by atoms with Crippen molar-refractivity contribution >= 4 is 22.8 Å². The summed E-state index contributed by atoms with van der Waals surface area (Å²) in [5, 5.41) is 14.7. The summed E-state index contributed by atoms with van der Waals surface area (Å²) in [6.07, 6.45) is 4.77. The van der Waals surface area contributed by atoms with E-state index >= 15 is 0 Å². The van der Waals surface area contributed by atoms with Crippen LogP contribution in [0.25, 0.3) is 22.4 Å². The van der Waals surface area contributed by atoms with E-state index in [1.54, 1.807) is 12.4 Å². The molecule has 0 atom stereocenters. The van der Waals surface area contributed by atoms with Crippen LogP contribution in [-0.4, -0.2) is 36.2 Å². The van der Waals surface area contributed by atoms with Crippen molar-refractivity contribution in [1.29, 1.82) is 0 Å². The molecule has 142 valence electrons. The molecule has 4 heterocycles. The predicted octanol–water partition coefficient (Wildman–Crippen LogP) is 2.98. The van der Waals surface area contributed by atoms with Gasteiger partial charge in [-0.15, -0.1) is 0 Å². The van der Waals surface area contributed by atoms with Crippen molar-refractivity contribution in [2.45, 2.75) is 33.1 Å². The summed E-state index contributed by atoms with van der Waals surface area (Å²) in [4.78, 5) is 25.0. The molecule has 0 aliphatic carbocycles. The highest BCUT2D eigenvalue weighted by Crippen LogP contribution is 2.23. The average Bonchev–Trinajstić information content (AvgIpc) is 3.30. The molecule has 0 unspecified atom stereocenters. The summed E-state index contributed by atoms with van der Waals surface area (Å²) in [5.74, 6) is 1.40. The number of aromatic nitrogens is 6. The Labute approximate surface area is 160 Å². The number of carbonyl (C=O) groups is 1. The average molecular weight is 377 g/mol. The zero-order chi connectivity index (χ0) is 19.5. The van der Waals surface area contributed by atoms with Crippen LogP contribution < -0.4 is 5.32 Å². The highest BCUT2D eigenvalue weighted by atomic mass is 16.5. The SMILES string of the molecule is Cc1cc(C)c2c(NC(=O)CCCc3nc(-c4ccncc4)no3)n[nH]c2n1. The number of carbonyl (C=O) groups excluding carboxylic acids is 1. The first kappa shape index (κ1) is 17.8. The van der Waals surface area contributed by atoms with E-state index in [2.05, 4.69) is 35.6 Å². The molecular weight excluding hydrogens is 358 g/mol. The monoisotopic (exact) mass is 377 g/mol. The minimum Gasteiger partial charge on any atom is -0.339 e. The number of anilines is 1. The first-order chi connectivity index (χ1) is 13.6. The predicted molar refractivity (Wildman–Crippen MR) is 102 cm³/mol. The highest BCUT2D eigenvalue weighted by Gasteiger charge is 2.14. The fourth-order valence-electron chi connectivity index (χ4n) is 3.04. The van der Waals surface area contributed by atoms with Gasteiger partial charge in [0, 0.05) is 36.5 Å². The number of nitrogens with one attached hydrogen (secondary N) is 2. The quantitative estimate of drug-likeness (QED) is 0.529. The molecule has 0 bridgehead atoms. The first-order valence-corrected chi connectivity index (χ1v) is 8.95. The number of amides is 1. The Balaban J connectivity index is 1.34. The number of rotatable bonds is 6. The van der Waals surface area contributed by atoms with Gasteiger partial charge in [-0.1, -0.05) is 5.16 Å². The van der Waals surface area contributed by atoms with E-state index in [1.807, 2.05) is 32.0 Å². The zero-order valence-electron chi connectivity index (χ0n) is 15.6.